The van der Waals surface area contributed by atoms with Gasteiger partial charge in [-0.05, 0) is 13.8 Å². The largest absolute Gasteiger partial charge is 0.466 e. The number of esters is 1. The maximum Gasteiger partial charge on any atom is 0.337 e. The van der Waals surface area contributed by atoms with Gasteiger partial charge in [-0.25, -0.2) is 4.79 Å². The molecule has 0 bridgehead atoms. The van der Waals surface area contributed by atoms with E-state index >= 15 is 0 Å². The van der Waals surface area contributed by atoms with Gasteiger partial charge in [-0.15, -0.1) is 6.42 Å². The normalized spacial score (nSPS) is 16.1. The van der Waals surface area contributed by atoms with Crippen LogP contribution in [0.1, 0.15) is 13.8 Å². The highest BCUT2D eigenvalue weighted by molar-refractivity contribution is 5.91. The monoisotopic (exact) mass is 168 g/mol. The molecular formula is C9H12O3. The van der Waals surface area contributed by atoms with Gasteiger partial charge >= 0.3 is 5.97 Å². The number of allylic oxidation sites excluding steroid dienone is 1. The van der Waals surface area contributed by atoms with Gasteiger partial charge in [-0.2, -0.15) is 0 Å². The quantitative estimate of drug-likeness (QED) is 0.371. The lowest BCUT2D eigenvalue weighted by Crippen LogP contribution is -2.30. The summed E-state index contributed by atoms with van der Waals surface area (Å²) in [6, 6.07) is 0. The van der Waals surface area contributed by atoms with E-state index < -0.39 is 11.6 Å². The average molecular weight is 168 g/mol. The number of ether oxygens (including phenoxy) is 1. The van der Waals surface area contributed by atoms with Crippen molar-refractivity contribution in [3.63, 3.8) is 0 Å². The van der Waals surface area contributed by atoms with Gasteiger partial charge in [-0.1, -0.05) is 12.0 Å². The molecule has 1 N–H and O–H groups in total. The number of rotatable bonds is 2. The fourth-order valence-electron chi connectivity index (χ4n) is 0.785. The van der Waals surface area contributed by atoms with Crippen molar-refractivity contribution in [3.05, 3.63) is 11.6 Å². The zero-order valence-corrected chi connectivity index (χ0v) is 7.42. The zero-order chi connectivity index (χ0) is 9.78. The second-order valence-corrected chi connectivity index (χ2v) is 2.41. The van der Waals surface area contributed by atoms with Crippen LogP contribution in [0.5, 0.6) is 0 Å². The molecule has 0 amide bonds. The maximum atomic E-state index is 11.0. The molecule has 0 aliphatic carbocycles. The van der Waals surface area contributed by atoms with Crippen LogP contribution in [0, 0.1) is 12.3 Å². The number of hydrogen-bond donors (Lipinski definition) is 1. The lowest BCUT2D eigenvalue weighted by Gasteiger charge is -2.17. The van der Waals surface area contributed by atoms with Gasteiger partial charge in [0.2, 0.25) is 0 Å². The molecule has 0 saturated heterocycles. The van der Waals surface area contributed by atoms with Gasteiger partial charge in [0, 0.05) is 0 Å². The summed E-state index contributed by atoms with van der Waals surface area (Å²) in [6.45, 7) is 2.97. The van der Waals surface area contributed by atoms with Gasteiger partial charge in [-0.3, -0.25) is 0 Å². The van der Waals surface area contributed by atoms with Crippen LogP contribution < -0.4 is 0 Å². The third-order valence-corrected chi connectivity index (χ3v) is 1.50. The van der Waals surface area contributed by atoms with E-state index in [1.807, 2.05) is 0 Å². The Morgan fingerprint density at radius 1 is 1.75 bits per heavy atom. The van der Waals surface area contributed by atoms with E-state index in [0.717, 1.165) is 0 Å². The fraction of sp³-hybridized carbons (Fsp3) is 0.444. The van der Waals surface area contributed by atoms with E-state index in [9.17, 15) is 9.90 Å². The van der Waals surface area contributed by atoms with Crippen molar-refractivity contribution >= 4 is 5.97 Å². The van der Waals surface area contributed by atoms with Crippen molar-refractivity contribution in [2.45, 2.75) is 19.4 Å². The molecule has 0 spiro atoms. The SMILES string of the molecule is C#CC(C)(O)/C(=C/C)C(=O)OC. The predicted molar refractivity (Wildman–Crippen MR) is 45.2 cm³/mol. The second-order valence-electron chi connectivity index (χ2n) is 2.41. The number of carbonyl (C=O) groups is 1. The Balaban J connectivity index is 4.86. The molecule has 66 valence electrons. The summed E-state index contributed by atoms with van der Waals surface area (Å²) in [5, 5.41) is 9.48. The first-order chi connectivity index (χ1) is 5.49. The van der Waals surface area contributed by atoms with E-state index in [1.165, 1.54) is 20.1 Å². The molecule has 0 aromatic rings. The van der Waals surface area contributed by atoms with Crippen LogP contribution in [0.3, 0.4) is 0 Å². The molecule has 0 aromatic heterocycles. The standard InChI is InChI=1S/C9H12O3/c1-5-7(8(10)12-4)9(3,11)6-2/h2,5,11H,1,3-4H3/b7-5+. The first-order valence-corrected chi connectivity index (χ1v) is 3.44. The Morgan fingerprint density at radius 2 is 2.25 bits per heavy atom. The molecule has 0 rings (SSSR count). The Bertz CT molecular complexity index is 243. The van der Waals surface area contributed by atoms with Crippen LogP contribution in [0.2, 0.25) is 0 Å². The first kappa shape index (κ1) is 10.7. The van der Waals surface area contributed by atoms with Crippen LogP contribution >= 0.6 is 0 Å². The van der Waals surface area contributed by atoms with E-state index in [1.54, 1.807) is 6.92 Å². The predicted octanol–water partition coefficient (Wildman–Crippen LogP) is 0.490. The maximum absolute atomic E-state index is 11.0. The van der Waals surface area contributed by atoms with Crippen molar-refractivity contribution in [2.75, 3.05) is 7.11 Å². The lowest BCUT2D eigenvalue weighted by atomic mass is 9.97. The highest BCUT2D eigenvalue weighted by Crippen LogP contribution is 2.16. The minimum Gasteiger partial charge on any atom is -0.466 e. The third kappa shape index (κ3) is 2.11. The van der Waals surface area contributed by atoms with Gasteiger partial charge < -0.3 is 9.84 Å². The summed E-state index contributed by atoms with van der Waals surface area (Å²) in [5.41, 5.74) is -1.48. The molecule has 0 aromatic carbocycles. The van der Waals surface area contributed by atoms with Crippen molar-refractivity contribution in [3.8, 4) is 12.3 Å². The summed E-state index contributed by atoms with van der Waals surface area (Å²) in [7, 11) is 1.23. The molecular weight excluding hydrogens is 156 g/mol. The van der Waals surface area contributed by atoms with E-state index in [2.05, 4.69) is 10.7 Å². The minimum absolute atomic E-state index is 0.0764. The minimum atomic E-state index is -1.55. The summed E-state index contributed by atoms with van der Waals surface area (Å²) in [5.74, 6) is 1.48. The van der Waals surface area contributed by atoms with Crippen LogP contribution in [0.25, 0.3) is 0 Å². The molecule has 0 heterocycles. The number of methoxy groups -OCH3 is 1. The van der Waals surface area contributed by atoms with Gasteiger partial charge in [0.1, 0.15) is 0 Å². The molecule has 3 heteroatoms. The molecule has 0 saturated carbocycles. The van der Waals surface area contributed by atoms with Crippen molar-refractivity contribution in [2.24, 2.45) is 0 Å². The van der Waals surface area contributed by atoms with Crippen LogP contribution in [-0.2, 0) is 9.53 Å². The van der Waals surface area contributed by atoms with Crippen molar-refractivity contribution in [1.82, 2.24) is 0 Å². The first-order valence-electron chi connectivity index (χ1n) is 3.44. The average Bonchev–Trinajstić information content (AvgIpc) is 2.05. The van der Waals surface area contributed by atoms with Gasteiger partial charge in [0.05, 0.1) is 12.7 Å². The van der Waals surface area contributed by atoms with Crippen LogP contribution in [0.4, 0.5) is 0 Å². The van der Waals surface area contributed by atoms with E-state index in [0.29, 0.717) is 0 Å². The Kier molecular flexibility index (Phi) is 3.52. The van der Waals surface area contributed by atoms with Crippen LogP contribution in [-0.4, -0.2) is 23.8 Å². The Morgan fingerprint density at radius 3 is 2.50 bits per heavy atom. The molecule has 3 nitrogen and oxygen atoms in total. The number of terminal acetylenes is 1. The molecule has 12 heavy (non-hydrogen) atoms. The fourth-order valence-corrected chi connectivity index (χ4v) is 0.785. The molecule has 0 aliphatic heterocycles. The Labute approximate surface area is 72.0 Å². The summed E-state index contributed by atoms with van der Waals surface area (Å²) in [6.07, 6.45) is 6.46. The molecule has 1 unspecified atom stereocenters. The number of hydrogen-bond acceptors (Lipinski definition) is 3. The second kappa shape index (κ2) is 3.93. The summed E-state index contributed by atoms with van der Waals surface area (Å²) >= 11 is 0. The Hall–Kier alpha value is -1.27. The van der Waals surface area contributed by atoms with Gasteiger partial charge in [0.15, 0.2) is 5.60 Å². The smallest absolute Gasteiger partial charge is 0.337 e. The van der Waals surface area contributed by atoms with Gasteiger partial charge in [0.25, 0.3) is 0 Å². The van der Waals surface area contributed by atoms with E-state index in [4.69, 9.17) is 6.42 Å². The molecule has 0 fully saturated rings. The third-order valence-electron chi connectivity index (χ3n) is 1.50. The summed E-state index contributed by atoms with van der Waals surface area (Å²) < 4.78 is 4.43. The molecule has 0 radical (unpaired) electrons. The summed E-state index contributed by atoms with van der Waals surface area (Å²) in [4.78, 5) is 11.0. The van der Waals surface area contributed by atoms with Crippen LogP contribution in [0.15, 0.2) is 11.6 Å². The lowest BCUT2D eigenvalue weighted by molar-refractivity contribution is -0.137. The highest BCUT2D eigenvalue weighted by atomic mass is 16.5. The van der Waals surface area contributed by atoms with E-state index in [-0.39, 0.29) is 5.57 Å². The van der Waals surface area contributed by atoms with Crippen molar-refractivity contribution < 1.29 is 14.6 Å². The highest BCUT2D eigenvalue weighted by Gasteiger charge is 2.28. The number of carbonyl (C=O) groups excluding carboxylic acids is 1. The topological polar surface area (TPSA) is 46.5 Å². The molecule has 1 atom stereocenters. The van der Waals surface area contributed by atoms with Crippen molar-refractivity contribution in [1.29, 1.82) is 0 Å². The molecule has 0 aliphatic rings. The zero-order valence-electron chi connectivity index (χ0n) is 7.42. The number of aliphatic hydroxyl groups is 1.